The Morgan fingerprint density at radius 1 is 1.05 bits per heavy atom. The van der Waals surface area contributed by atoms with Crippen LogP contribution in [0.2, 0.25) is 0 Å². The number of hydrogen-bond donors (Lipinski definition) is 0. The van der Waals surface area contributed by atoms with Gasteiger partial charge in [-0.05, 0) is 35.2 Å². The molecule has 0 aromatic heterocycles. The molecule has 0 bridgehead atoms. The lowest BCUT2D eigenvalue weighted by molar-refractivity contribution is 0.136. The number of halogens is 1. The van der Waals surface area contributed by atoms with E-state index in [4.69, 9.17) is 4.74 Å². The van der Waals surface area contributed by atoms with Crippen LogP contribution in [-0.4, -0.2) is 26.6 Å². The first-order chi connectivity index (χ1) is 10.0. The Labute approximate surface area is 126 Å². The van der Waals surface area contributed by atoms with Gasteiger partial charge in [-0.2, -0.15) is 0 Å². The monoisotopic (exact) mass is 317 g/mol. The number of rotatable bonds is 10. The first-order valence-electron chi connectivity index (χ1n) is 7.35. The highest BCUT2D eigenvalue weighted by molar-refractivity contribution is 7.89. The standard InChI is InChI=1S/C15H24FNO3S/c1-3-4-5-6-7-8-13-17(16)21(18,19)15-11-9-14(20-2)10-12-15/h9-12H,3-8,13H2,1-2H3. The molecule has 0 saturated carbocycles. The summed E-state index contributed by atoms with van der Waals surface area (Å²) < 4.78 is 42.7. The van der Waals surface area contributed by atoms with Crippen LogP contribution in [0.25, 0.3) is 0 Å². The van der Waals surface area contributed by atoms with Crippen molar-refractivity contribution in [2.24, 2.45) is 0 Å². The molecule has 0 radical (unpaired) electrons. The van der Waals surface area contributed by atoms with Crippen molar-refractivity contribution in [3.8, 4) is 5.75 Å². The van der Waals surface area contributed by atoms with Gasteiger partial charge < -0.3 is 4.74 Å². The van der Waals surface area contributed by atoms with Gasteiger partial charge in [0.1, 0.15) is 5.75 Å². The van der Waals surface area contributed by atoms with Gasteiger partial charge in [-0.3, -0.25) is 0 Å². The van der Waals surface area contributed by atoms with E-state index in [2.05, 4.69) is 6.92 Å². The van der Waals surface area contributed by atoms with Gasteiger partial charge in [0.15, 0.2) is 0 Å². The summed E-state index contributed by atoms with van der Waals surface area (Å²) in [7, 11) is -2.56. The normalized spacial score (nSPS) is 11.8. The highest BCUT2D eigenvalue weighted by Gasteiger charge is 2.23. The molecular formula is C15H24FNO3S. The van der Waals surface area contributed by atoms with Crippen molar-refractivity contribution >= 4 is 10.0 Å². The maximum absolute atomic E-state index is 13.8. The number of ether oxygens (including phenoxy) is 1. The molecule has 0 unspecified atom stereocenters. The molecule has 0 aliphatic rings. The molecule has 0 aliphatic carbocycles. The second-order valence-electron chi connectivity index (χ2n) is 4.96. The molecule has 0 aliphatic heterocycles. The summed E-state index contributed by atoms with van der Waals surface area (Å²) in [4.78, 5) is -0.0585. The Hall–Kier alpha value is -1.14. The summed E-state index contributed by atoms with van der Waals surface area (Å²) in [6.07, 6.45) is 5.84. The average Bonchev–Trinajstić information content (AvgIpc) is 2.50. The van der Waals surface area contributed by atoms with E-state index in [0.717, 1.165) is 25.7 Å². The number of nitrogens with zero attached hydrogens (tertiary/aromatic N) is 1. The van der Waals surface area contributed by atoms with Gasteiger partial charge in [-0.25, -0.2) is 8.42 Å². The van der Waals surface area contributed by atoms with E-state index >= 15 is 0 Å². The van der Waals surface area contributed by atoms with Gasteiger partial charge in [-0.1, -0.05) is 39.0 Å². The molecule has 1 aromatic carbocycles. The molecule has 0 saturated heterocycles. The zero-order chi connectivity index (χ0) is 15.7. The fraction of sp³-hybridized carbons (Fsp3) is 0.600. The molecular weight excluding hydrogens is 293 g/mol. The zero-order valence-electron chi connectivity index (χ0n) is 12.7. The van der Waals surface area contributed by atoms with Gasteiger partial charge in [-0.15, -0.1) is 4.48 Å². The van der Waals surface area contributed by atoms with Crippen LogP contribution in [0.15, 0.2) is 29.2 Å². The second-order valence-corrected chi connectivity index (χ2v) is 6.78. The lowest BCUT2D eigenvalue weighted by Crippen LogP contribution is -2.24. The lowest BCUT2D eigenvalue weighted by Gasteiger charge is -2.12. The molecule has 1 aromatic rings. The van der Waals surface area contributed by atoms with E-state index in [0.29, 0.717) is 12.2 Å². The summed E-state index contributed by atoms with van der Waals surface area (Å²) in [5.74, 6) is 0.537. The van der Waals surface area contributed by atoms with Crippen molar-refractivity contribution in [2.45, 2.75) is 50.3 Å². The molecule has 0 N–H and O–H groups in total. The minimum absolute atomic E-state index is 0.0585. The van der Waals surface area contributed by atoms with Crippen molar-refractivity contribution < 1.29 is 17.6 Å². The SMILES string of the molecule is CCCCCCCCN(F)S(=O)(=O)c1ccc(OC)cc1. The van der Waals surface area contributed by atoms with Crippen molar-refractivity contribution in [3.05, 3.63) is 24.3 Å². The van der Waals surface area contributed by atoms with E-state index in [1.807, 2.05) is 0 Å². The number of methoxy groups -OCH3 is 1. The third-order valence-corrected chi connectivity index (χ3v) is 4.88. The Morgan fingerprint density at radius 3 is 2.19 bits per heavy atom. The van der Waals surface area contributed by atoms with E-state index in [-0.39, 0.29) is 16.0 Å². The summed E-state index contributed by atoms with van der Waals surface area (Å²) >= 11 is 0. The summed E-state index contributed by atoms with van der Waals surface area (Å²) in [6, 6.07) is 5.71. The van der Waals surface area contributed by atoms with E-state index < -0.39 is 10.0 Å². The van der Waals surface area contributed by atoms with Crippen molar-refractivity contribution in [2.75, 3.05) is 13.7 Å². The maximum atomic E-state index is 13.8. The third kappa shape index (κ3) is 5.63. The average molecular weight is 317 g/mol. The molecule has 4 nitrogen and oxygen atoms in total. The third-order valence-electron chi connectivity index (χ3n) is 3.31. The van der Waals surface area contributed by atoms with Crippen LogP contribution in [0.1, 0.15) is 45.4 Å². The number of unbranched alkanes of at least 4 members (excludes halogenated alkanes) is 5. The van der Waals surface area contributed by atoms with Crippen LogP contribution in [-0.2, 0) is 10.0 Å². The molecule has 0 spiro atoms. The van der Waals surface area contributed by atoms with Crippen LogP contribution in [0.5, 0.6) is 5.75 Å². The van der Waals surface area contributed by atoms with E-state index in [1.54, 1.807) is 0 Å². The number of hydrogen-bond acceptors (Lipinski definition) is 3. The Bertz CT molecular complexity index is 502. The smallest absolute Gasteiger partial charge is 0.269 e. The van der Waals surface area contributed by atoms with Gasteiger partial charge >= 0.3 is 0 Å². The van der Waals surface area contributed by atoms with Crippen LogP contribution < -0.4 is 4.74 Å². The second kappa shape index (κ2) is 9.00. The molecule has 21 heavy (non-hydrogen) atoms. The summed E-state index contributed by atoms with van der Waals surface area (Å²) in [5.41, 5.74) is 0. The molecule has 0 amide bonds. The quantitative estimate of drug-likeness (QED) is 0.485. The topological polar surface area (TPSA) is 46.6 Å². The maximum Gasteiger partial charge on any atom is 0.269 e. The fourth-order valence-electron chi connectivity index (χ4n) is 2.00. The predicted molar refractivity (Wildman–Crippen MR) is 81.4 cm³/mol. The highest BCUT2D eigenvalue weighted by Crippen LogP contribution is 2.20. The minimum Gasteiger partial charge on any atom is -0.497 e. The van der Waals surface area contributed by atoms with E-state index in [9.17, 15) is 12.9 Å². The molecule has 0 atom stereocenters. The molecule has 6 heteroatoms. The fourth-order valence-corrected chi connectivity index (χ4v) is 3.08. The first-order valence-corrected chi connectivity index (χ1v) is 8.79. The van der Waals surface area contributed by atoms with Crippen molar-refractivity contribution in [1.29, 1.82) is 0 Å². The molecule has 0 fully saturated rings. The van der Waals surface area contributed by atoms with Gasteiger partial charge in [0.25, 0.3) is 10.0 Å². The Balaban J connectivity index is 2.48. The zero-order valence-corrected chi connectivity index (χ0v) is 13.5. The molecule has 0 heterocycles. The number of benzene rings is 1. The molecule has 120 valence electrons. The van der Waals surface area contributed by atoms with Gasteiger partial charge in [0.05, 0.1) is 12.0 Å². The van der Waals surface area contributed by atoms with Gasteiger partial charge in [0, 0.05) is 6.54 Å². The van der Waals surface area contributed by atoms with Crippen molar-refractivity contribution in [1.82, 2.24) is 4.53 Å². The lowest BCUT2D eigenvalue weighted by atomic mass is 10.1. The largest absolute Gasteiger partial charge is 0.497 e. The van der Waals surface area contributed by atoms with Crippen molar-refractivity contribution in [3.63, 3.8) is 0 Å². The van der Waals surface area contributed by atoms with Crippen LogP contribution in [0.4, 0.5) is 4.48 Å². The van der Waals surface area contributed by atoms with Crippen LogP contribution in [0, 0.1) is 0 Å². The van der Waals surface area contributed by atoms with Crippen LogP contribution >= 0.6 is 0 Å². The van der Waals surface area contributed by atoms with Gasteiger partial charge in [0.2, 0.25) is 0 Å². The number of sulfonamides is 1. The predicted octanol–water partition coefficient (Wildman–Crippen LogP) is 3.93. The minimum atomic E-state index is -4.05. The molecule has 1 rings (SSSR count). The van der Waals surface area contributed by atoms with Crippen LogP contribution in [0.3, 0.4) is 0 Å². The summed E-state index contributed by atoms with van der Waals surface area (Å²) in [5, 5.41) is 0. The summed E-state index contributed by atoms with van der Waals surface area (Å²) in [6.45, 7) is 2.03. The Kier molecular flexibility index (Phi) is 7.67. The Morgan fingerprint density at radius 2 is 1.62 bits per heavy atom. The first kappa shape index (κ1) is 17.9. The highest BCUT2D eigenvalue weighted by atomic mass is 32.2. The van der Waals surface area contributed by atoms with E-state index in [1.165, 1.54) is 37.8 Å².